The van der Waals surface area contributed by atoms with Crippen LogP contribution < -0.4 is 14.9 Å². The van der Waals surface area contributed by atoms with Crippen LogP contribution in [0.15, 0.2) is 53.1 Å². The Morgan fingerprint density at radius 1 is 1.25 bits per heavy atom. The summed E-state index contributed by atoms with van der Waals surface area (Å²) in [6.45, 7) is 1.79. The first-order valence-corrected chi connectivity index (χ1v) is 8.90. The lowest BCUT2D eigenvalue weighted by Crippen LogP contribution is -2.36. The van der Waals surface area contributed by atoms with Crippen molar-refractivity contribution in [3.05, 3.63) is 71.1 Å². The fraction of sp³-hybridized carbons (Fsp3) is 0.190. The van der Waals surface area contributed by atoms with E-state index in [2.05, 4.69) is 10.3 Å². The molecule has 28 heavy (non-hydrogen) atoms. The summed E-state index contributed by atoms with van der Waals surface area (Å²) in [5.41, 5.74) is 2.36. The number of anilines is 1. The molecular formula is C21H20N4O3. The molecule has 4 aromatic rings. The second kappa shape index (κ2) is 6.84. The van der Waals surface area contributed by atoms with E-state index in [4.69, 9.17) is 4.42 Å². The molecule has 142 valence electrons. The molecule has 0 unspecified atom stereocenters. The van der Waals surface area contributed by atoms with E-state index in [-0.39, 0.29) is 17.9 Å². The maximum Gasteiger partial charge on any atom is 0.276 e. The van der Waals surface area contributed by atoms with E-state index in [1.807, 2.05) is 37.2 Å². The number of hydrogen-bond donors (Lipinski definition) is 1. The van der Waals surface area contributed by atoms with Crippen molar-refractivity contribution < 1.29 is 13.9 Å². The second-order valence-electron chi connectivity index (χ2n) is 6.84. The number of hydrogen-bond acceptors (Lipinski definition) is 5. The third kappa shape index (κ3) is 3.00. The van der Waals surface area contributed by atoms with Crippen LogP contribution in [0.2, 0.25) is 0 Å². The molecule has 0 spiro atoms. The van der Waals surface area contributed by atoms with Crippen LogP contribution >= 0.6 is 0 Å². The maximum absolute atomic E-state index is 12.7. The summed E-state index contributed by atoms with van der Waals surface area (Å²) < 4.78 is 6.38. The van der Waals surface area contributed by atoms with Crippen LogP contribution in [0.1, 0.15) is 21.9 Å². The van der Waals surface area contributed by atoms with Gasteiger partial charge in [0, 0.05) is 43.5 Å². The normalized spacial score (nSPS) is 11.1. The van der Waals surface area contributed by atoms with Crippen molar-refractivity contribution in [2.45, 2.75) is 13.5 Å². The number of benzene rings is 2. The van der Waals surface area contributed by atoms with Gasteiger partial charge in [-0.25, -0.2) is 4.98 Å². The molecule has 0 fully saturated rings. The van der Waals surface area contributed by atoms with Crippen LogP contribution in [0.4, 0.5) is 5.69 Å². The SMILES string of the molecule is Cc1c(C(=O)NCc2occ3cc(N(C)C)ccc23)nc2ccccc2[n+]1[O-]. The number of furan rings is 1. The summed E-state index contributed by atoms with van der Waals surface area (Å²) in [6.07, 6.45) is 1.68. The number of fused-ring (bicyclic) bond motifs is 2. The fourth-order valence-electron chi connectivity index (χ4n) is 3.18. The van der Waals surface area contributed by atoms with Gasteiger partial charge in [-0.3, -0.25) is 4.79 Å². The number of aromatic nitrogens is 2. The van der Waals surface area contributed by atoms with E-state index in [0.29, 0.717) is 16.8 Å². The van der Waals surface area contributed by atoms with Crippen molar-refractivity contribution in [1.82, 2.24) is 10.3 Å². The van der Waals surface area contributed by atoms with Gasteiger partial charge in [0.25, 0.3) is 5.91 Å². The number of amides is 1. The molecule has 4 rings (SSSR count). The van der Waals surface area contributed by atoms with E-state index in [9.17, 15) is 10.0 Å². The van der Waals surface area contributed by atoms with Crippen LogP contribution in [-0.4, -0.2) is 25.0 Å². The zero-order chi connectivity index (χ0) is 19.8. The lowest BCUT2D eigenvalue weighted by molar-refractivity contribution is -0.584. The van der Waals surface area contributed by atoms with Crippen molar-refractivity contribution in [2.24, 2.45) is 0 Å². The number of rotatable bonds is 4. The molecule has 0 atom stereocenters. The molecule has 0 aliphatic heterocycles. The lowest BCUT2D eigenvalue weighted by atomic mass is 10.1. The number of nitrogens with one attached hydrogen (secondary N) is 1. The molecule has 0 aliphatic rings. The van der Waals surface area contributed by atoms with Gasteiger partial charge in [0.15, 0.2) is 5.69 Å². The van der Waals surface area contributed by atoms with Gasteiger partial charge < -0.3 is 19.8 Å². The number of carbonyl (C=O) groups excluding carboxylic acids is 1. The van der Waals surface area contributed by atoms with E-state index in [1.54, 1.807) is 37.5 Å². The van der Waals surface area contributed by atoms with Gasteiger partial charge in [-0.2, -0.15) is 4.73 Å². The summed E-state index contributed by atoms with van der Waals surface area (Å²) in [4.78, 5) is 19.0. The molecule has 0 aliphatic carbocycles. The molecule has 2 aromatic carbocycles. The number of nitrogens with zero attached hydrogens (tertiary/aromatic N) is 3. The van der Waals surface area contributed by atoms with Gasteiger partial charge in [0.05, 0.1) is 12.8 Å². The Hall–Kier alpha value is -3.61. The highest BCUT2D eigenvalue weighted by atomic mass is 16.5. The standard InChI is InChI=1S/C21H20N4O3/c1-13-20(23-17-6-4-5-7-18(17)25(13)27)21(26)22-11-19-16-9-8-15(24(2)3)10-14(16)12-28-19/h4-10,12H,11H2,1-3H3,(H,22,26). The van der Waals surface area contributed by atoms with Gasteiger partial charge in [-0.15, -0.1) is 0 Å². The minimum Gasteiger partial charge on any atom is -0.618 e. The van der Waals surface area contributed by atoms with Crippen molar-refractivity contribution in [1.29, 1.82) is 0 Å². The van der Waals surface area contributed by atoms with Crippen LogP contribution in [-0.2, 0) is 6.54 Å². The van der Waals surface area contributed by atoms with Crippen LogP contribution in [0, 0.1) is 12.1 Å². The molecule has 2 aromatic heterocycles. The molecule has 0 saturated carbocycles. The molecule has 0 saturated heterocycles. The third-order valence-electron chi connectivity index (χ3n) is 4.78. The zero-order valence-corrected chi connectivity index (χ0v) is 15.9. The first kappa shape index (κ1) is 17.8. The van der Waals surface area contributed by atoms with Gasteiger partial charge in [0.2, 0.25) is 11.2 Å². The van der Waals surface area contributed by atoms with Crippen LogP contribution in [0.25, 0.3) is 21.8 Å². The van der Waals surface area contributed by atoms with Crippen molar-refractivity contribution in [2.75, 3.05) is 19.0 Å². The highest BCUT2D eigenvalue weighted by molar-refractivity contribution is 5.95. The smallest absolute Gasteiger partial charge is 0.276 e. The van der Waals surface area contributed by atoms with E-state index >= 15 is 0 Å². The molecular weight excluding hydrogens is 356 g/mol. The van der Waals surface area contributed by atoms with Crippen molar-refractivity contribution in [3.63, 3.8) is 0 Å². The second-order valence-corrected chi connectivity index (χ2v) is 6.84. The average Bonchev–Trinajstić information content (AvgIpc) is 3.11. The average molecular weight is 376 g/mol. The number of para-hydroxylation sites is 2. The van der Waals surface area contributed by atoms with Gasteiger partial charge in [-0.1, -0.05) is 12.1 Å². The predicted molar refractivity (Wildman–Crippen MR) is 107 cm³/mol. The largest absolute Gasteiger partial charge is 0.618 e. The minimum atomic E-state index is -0.415. The summed E-state index contributed by atoms with van der Waals surface area (Å²) in [7, 11) is 3.95. The molecule has 1 N–H and O–H groups in total. The predicted octanol–water partition coefficient (Wildman–Crippen LogP) is 2.92. The Labute approximate surface area is 161 Å². The van der Waals surface area contributed by atoms with E-state index < -0.39 is 5.91 Å². The Bertz CT molecular complexity index is 1200. The Morgan fingerprint density at radius 2 is 2.04 bits per heavy atom. The van der Waals surface area contributed by atoms with Gasteiger partial charge >= 0.3 is 0 Å². The van der Waals surface area contributed by atoms with Crippen LogP contribution in [0.3, 0.4) is 0 Å². The Balaban J connectivity index is 1.59. The first-order chi connectivity index (χ1) is 13.5. The molecule has 2 heterocycles. The Kier molecular flexibility index (Phi) is 4.35. The van der Waals surface area contributed by atoms with Crippen molar-refractivity contribution in [3.8, 4) is 0 Å². The molecule has 7 heteroatoms. The van der Waals surface area contributed by atoms with E-state index in [1.165, 1.54) is 0 Å². The third-order valence-corrected chi connectivity index (χ3v) is 4.78. The lowest BCUT2D eigenvalue weighted by Gasteiger charge is -2.12. The summed E-state index contributed by atoms with van der Waals surface area (Å²) >= 11 is 0. The molecule has 1 amide bonds. The summed E-state index contributed by atoms with van der Waals surface area (Å²) in [5, 5.41) is 17.1. The topological polar surface area (TPSA) is 85.3 Å². The monoisotopic (exact) mass is 376 g/mol. The highest BCUT2D eigenvalue weighted by Gasteiger charge is 2.21. The quantitative estimate of drug-likeness (QED) is 0.437. The molecule has 0 bridgehead atoms. The maximum atomic E-state index is 12.7. The summed E-state index contributed by atoms with van der Waals surface area (Å²) in [5.74, 6) is 0.240. The van der Waals surface area contributed by atoms with Crippen LogP contribution in [0.5, 0.6) is 0 Å². The fourth-order valence-corrected chi connectivity index (χ4v) is 3.18. The highest BCUT2D eigenvalue weighted by Crippen LogP contribution is 2.25. The molecule has 0 radical (unpaired) electrons. The molecule has 7 nitrogen and oxygen atoms in total. The minimum absolute atomic E-state index is 0.111. The van der Waals surface area contributed by atoms with Gasteiger partial charge in [-0.05, 0) is 24.3 Å². The first-order valence-electron chi connectivity index (χ1n) is 8.90. The Morgan fingerprint density at radius 3 is 2.82 bits per heavy atom. The number of carbonyl (C=O) groups is 1. The van der Waals surface area contributed by atoms with Gasteiger partial charge in [0.1, 0.15) is 11.3 Å². The van der Waals surface area contributed by atoms with Crippen molar-refractivity contribution >= 4 is 33.4 Å². The van der Waals surface area contributed by atoms with E-state index in [0.717, 1.165) is 21.2 Å². The summed E-state index contributed by atoms with van der Waals surface area (Å²) in [6, 6.07) is 12.9. The zero-order valence-electron chi connectivity index (χ0n) is 15.9.